The number of amides is 2. The quantitative estimate of drug-likeness (QED) is 0.475. The number of nitrogens with zero attached hydrogens (tertiary/aromatic N) is 2. The Hall–Kier alpha value is -3.64. The van der Waals surface area contributed by atoms with Gasteiger partial charge in [-0.25, -0.2) is 0 Å². The van der Waals surface area contributed by atoms with Crippen molar-refractivity contribution in [1.29, 1.82) is 0 Å². The SMILES string of the molecule is CC(C)C(C(=O)Nc1ccc(N2CCOCC2)cc1)N(Cc1ccccc1)C(=O)Cc1ccccc1. The Morgan fingerprint density at radius 3 is 2.03 bits per heavy atom. The molecule has 3 aromatic rings. The lowest BCUT2D eigenvalue weighted by atomic mass is 9.99. The van der Waals surface area contributed by atoms with Crippen LogP contribution >= 0.6 is 0 Å². The summed E-state index contributed by atoms with van der Waals surface area (Å²) in [6, 6.07) is 26.8. The van der Waals surface area contributed by atoms with Crippen LogP contribution in [0.4, 0.5) is 11.4 Å². The molecule has 6 heteroatoms. The minimum absolute atomic E-state index is 0.0680. The molecule has 0 aromatic heterocycles. The number of carbonyl (C=O) groups is 2. The van der Waals surface area contributed by atoms with E-state index in [1.165, 1.54) is 0 Å². The minimum Gasteiger partial charge on any atom is -0.378 e. The molecule has 4 rings (SSSR count). The van der Waals surface area contributed by atoms with Crippen molar-refractivity contribution in [2.75, 3.05) is 36.5 Å². The van der Waals surface area contributed by atoms with Crippen LogP contribution < -0.4 is 10.2 Å². The number of morpholine rings is 1. The maximum absolute atomic E-state index is 13.6. The Bertz CT molecular complexity index is 1110. The van der Waals surface area contributed by atoms with Gasteiger partial charge in [-0.05, 0) is 41.3 Å². The summed E-state index contributed by atoms with van der Waals surface area (Å²) in [5.74, 6) is -0.316. The fraction of sp³-hybridized carbons (Fsp3) is 0.333. The van der Waals surface area contributed by atoms with Gasteiger partial charge >= 0.3 is 0 Å². The summed E-state index contributed by atoms with van der Waals surface area (Å²) in [6.45, 7) is 7.52. The largest absolute Gasteiger partial charge is 0.378 e. The zero-order chi connectivity index (χ0) is 25.3. The van der Waals surface area contributed by atoms with Crippen molar-refractivity contribution in [2.24, 2.45) is 5.92 Å². The Labute approximate surface area is 213 Å². The second-order valence-electron chi connectivity index (χ2n) is 9.49. The topological polar surface area (TPSA) is 61.9 Å². The summed E-state index contributed by atoms with van der Waals surface area (Å²) < 4.78 is 5.44. The molecule has 0 aliphatic carbocycles. The van der Waals surface area contributed by atoms with E-state index in [-0.39, 0.29) is 24.2 Å². The van der Waals surface area contributed by atoms with Gasteiger partial charge < -0.3 is 19.9 Å². The number of ether oxygens (including phenoxy) is 1. The monoisotopic (exact) mass is 485 g/mol. The van der Waals surface area contributed by atoms with Crippen LogP contribution in [0.5, 0.6) is 0 Å². The fourth-order valence-electron chi connectivity index (χ4n) is 4.59. The molecule has 1 unspecified atom stereocenters. The molecule has 36 heavy (non-hydrogen) atoms. The first-order chi connectivity index (χ1) is 17.5. The first-order valence-corrected chi connectivity index (χ1v) is 12.6. The van der Waals surface area contributed by atoms with Crippen LogP contribution in [0.25, 0.3) is 0 Å². The maximum Gasteiger partial charge on any atom is 0.247 e. The molecule has 0 saturated carbocycles. The highest BCUT2D eigenvalue weighted by molar-refractivity contribution is 5.97. The molecule has 0 spiro atoms. The van der Waals surface area contributed by atoms with Crippen LogP contribution in [0.3, 0.4) is 0 Å². The van der Waals surface area contributed by atoms with Crippen LogP contribution in [0.15, 0.2) is 84.9 Å². The van der Waals surface area contributed by atoms with Gasteiger partial charge in [-0.3, -0.25) is 9.59 Å². The first-order valence-electron chi connectivity index (χ1n) is 12.6. The van der Waals surface area contributed by atoms with Crippen molar-refractivity contribution >= 4 is 23.2 Å². The third-order valence-electron chi connectivity index (χ3n) is 6.46. The van der Waals surface area contributed by atoms with Crippen molar-refractivity contribution in [3.63, 3.8) is 0 Å². The molecule has 1 N–H and O–H groups in total. The number of hydrogen-bond acceptors (Lipinski definition) is 4. The number of benzene rings is 3. The standard InChI is InChI=1S/C30H35N3O3/c1-23(2)29(30(35)31-26-13-15-27(16-14-26)32-17-19-36-20-18-32)33(22-25-11-7-4-8-12-25)28(34)21-24-9-5-3-6-10-24/h3-16,23,29H,17-22H2,1-2H3,(H,31,35). The predicted molar refractivity (Wildman–Crippen MR) is 144 cm³/mol. The smallest absolute Gasteiger partial charge is 0.247 e. The number of anilines is 2. The van der Waals surface area contributed by atoms with Gasteiger partial charge in [0, 0.05) is 31.0 Å². The molecule has 0 radical (unpaired) electrons. The molecule has 6 nitrogen and oxygen atoms in total. The second-order valence-corrected chi connectivity index (χ2v) is 9.49. The van der Waals surface area contributed by atoms with Gasteiger partial charge in [-0.15, -0.1) is 0 Å². The lowest BCUT2D eigenvalue weighted by Crippen LogP contribution is -2.50. The number of carbonyl (C=O) groups excluding carboxylic acids is 2. The highest BCUT2D eigenvalue weighted by atomic mass is 16.5. The van der Waals surface area contributed by atoms with Crippen molar-refractivity contribution < 1.29 is 14.3 Å². The summed E-state index contributed by atoms with van der Waals surface area (Å²) in [5, 5.41) is 3.06. The van der Waals surface area contributed by atoms with Crippen LogP contribution in [-0.4, -0.2) is 49.1 Å². The van der Waals surface area contributed by atoms with Crippen molar-refractivity contribution in [3.8, 4) is 0 Å². The molecule has 1 atom stereocenters. The van der Waals surface area contributed by atoms with Gasteiger partial charge in [0.2, 0.25) is 11.8 Å². The van der Waals surface area contributed by atoms with E-state index in [1.54, 1.807) is 4.90 Å². The Morgan fingerprint density at radius 2 is 1.44 bits per heavy atom. The summed E-state index contributed by atoms with van der Waals surface area (Å²) in [5.41, 5.74) is 3.76. The molecule has 1 aliphatic heterocycles. The lowest BCUT2D eigenvalue weighted by molar-refractivity contribution is -0.140. The average molecular weight is 486 g/mol. The number of hydrogen-bond donors (Lipinski definition) is 1. The van der Waals surface area contributed by atoms with Crippen LogP contribution in [0, 0.1) is 5.92 Å². The van der Waals surface area contributed by atoms with Gasteiger partial charge in [-0.1, -0.05) is 74.5 Å². The highest BCUT2D eigenvalue weighted by Crippen LogP contribution is 2.22. The second kappa shape index (κ2) is 12.4. The average Bonchev–Trinajstić information content (AvgIpc) is 2.90. The summed E-state index contributed by atoms with van der Waals surface area (Å²) >= 11 is 0. The Balaban J connectivity index is 1.53. The maximum atomic E-state index is 13.6. The van der Waals surface area contributed by atoms with E-state index in [0.717, 1.165) is 48.8 Å². The zero-order valence-corrected chi connectivity index (χ0v) is 21.1. The van der Waals surface area contributed by atoms with E-state index in [0.29, 0.717) is 6.54 Å². The van der Waals surface area contributed by atoms with Gasteiger partial charge in [-0.2, -0.15) is 0 Å². The van der Waals surface area contributed by atoms with Gasteiger partial charge in [0.25, 0.3) is 0 Å². The number of nitrogens with one attached hydrogen (secondary N) is 1. The lowest BCUT2D eigenvalue weighted by Gasteiger charge is -2.34. The molecule has 188 valence electrons. The summed E-state index contributed by atoms with van der Waals surface area (Å²) in [4.78, 5) is 31.2. The molecule has 1 saturated heterocycles. The van der Waals surface area contributed by atoms with Gasteiger partial charge in [0.05, 0.1) is 19.6 Å². The molecule has 0 bridgehead atoms. The molecule has 3 aromatic carbocycles. The molecule has 1 aliphatic rings. The predicted octanol–water partition coefficient (Wildman–Crippen LogP) is 4.76. The third-order valence-corrected chi connectivity index (χ3v) is 6.46. The van der Waals surface area contributed by atoms with E-state index in [2.05, 4.69) is 10.2 Å². The van der Waals surface area contributed by atoms with E-state index in [9.17, 15) is 9.59 Å². The fourth-order valence-corrected chi connectivity index (χ4v) is 4.59. The van der Waals surface area contributed by atoms with Gasteiger partial charge in [0.15, 0.2) is 0 Å². The van der Waals surface area contributed by atoms with Gasteiger partial charge in [0.1, 0.15) is 6.04 Å². The third kappa shape index (κ3) is 6.73. The normalized spacial score (nSPS) is 14.4. The summed E-state index contributed by atoms with van der Waals surface area (Å²) in [7, 11) is 0. The van der Waals surface area contributed by atoms with Crippen LogP contribution in [-0.2, 0) is 27.3 Å². The number of rotatable bonds is 9. The first kappa shape index (κ1) is 25.5. The van der Waals surface area contributed by atoms with E-state index >= 15 is 0 Å². The van der Waals surface area contributed by atoms with Crippen molar-refractivity contribution in [3.05, 3.63) is 96.1 Å². The molecule has 2 amide bonds. The Kier molecular flexibility index (Phi) is 8.74. The molecular formula is C30H35N3O3. The zero-order valence-electron chi connectivity index (χ0n) is 21.1. The van der Waals surface area contributed by atoms with Crippen molar-refractivity contribution in [2.45, 2.75) is 32.9 Å². The van der Waals surface area contributed by atoms with E-state index in [4.69, 9.17) is 4.74 Å². The Morgan fingerprint density at radius 1 is 0.861 bits per heavy atom. The highest BCUT2D eigenvalue weighted by Gasteiger charge is 2.32. The van der Waals surface area contributed by atoms with Crippen LogP contribution in [0.1, 0.15) is 25.0 Å². The van der Waals surface area contributed by atoms with Crippen LogP contribution in [0.2, 0.25) is 0 Å². The van der Waals surface area contributed by atoms with E-state index < -0.39 is 6.04 Å². The summed E-state index contributed by atoms with van der Waals surface area (Å²) in [6.07, 6.45) is 0.248. The minimum atomic E-state index is -0.611. The molecular weight excluding hydrogens is 450 g/mol. The van der Waals surface area contributed by atoms with Crippen molar-refractivity contribution in [1.82, 2.24) is 4.90 Å². The van der Waals surface area contributed by atoms with E-state index in [1.807, 2.05) is 98.8 Å². The molecule has 1 fully saturated rings. The molecule has 1 heterocycles.